The molecule has 0 aromatic carbocycles. The molecule has 0 bridgehead atoms. The zero-order valence-corrected chi connectivity index (χ0v) is 15.7. The number of allylic oxidation sites excluding steroid dienone is 2. The van der Waals surface area contributed by atoms with E-state index in [-0.39, 0.29) is 0 Å². The normalized spacial score (nSPS) is 20.6. The summed E-state index contributed by atoms with van der Waals surface area (Å²) in [6.07, 6.45) is 7.90. The summed E-state index contributed by atoms with van der Waals surface area (Å²) in [4.78, 5) is 4.71. The fourth-order valence-corrected chi connectivity index (χ4v) is 3.38. The minimum atomic E-state index is -0.941. The fourth-order valence-electron chi connectivity index (χ4n) is 3.38. The molecular weight excluding hydrogens is 300 g/mol. The van der Waals surface area contributed by atoms with Crippen molar-refractivity contribution in [1.82, 2.24) is 20.5 Å². The molecule has 0 aliphatic carbocycles. The van der Waals surface area contributed by atoms with Gasteiger partial charge in [0, 0.05) is 17.6 Å². The molecule has 0 saturated carbocycles. The number of aromatic nitrogens is 2. The summed E-state index contributed by atoms with van der Waals surface area (Å²) in [5.74, 6) is 5.01. The Balaban J connectivity index is 2.56. The van der Waals surface area contributed by atoms with Crippen molar-refractivity contribution in [2.24, 2.45) is 10.8 Å². The first-order valence-corrected chi connectivity index (χ1v) is 9.17. The van der Waals surface area contributed by atoms with Gasteiger partial charge in [0.05, 0.1) is 5.69 Å². The highest BCUT2D eigenvalue weighted by Gasteiger charge is 2.36. The molecule has 0 fully saturated rings. The number of nitrogens with zero attached hydrogens (tertiary/aromatic N) is 3. The van der Waals surface area contributed by atoms with Crippen LogP contribution in [0.25, 0.3) is 0 Å². The van der Waals surface area contributed by atoms with Gasteiger partial charge in [0.15, 0.2) is 0 Å². The highest BCUT2D eigenvalue weighted by molar-refractivity contribution is 5.80. The second-order valence-corrected chi connectivity index (χ2v) is 6.34. The Morgan fingerprint density at radius 1 is 1.17 bits per heavy atom. The van der Waals surface area contributed by atoms with Crippen LogP contribution in [0.15, 0.2) is 16.3 Å². The minimum Gasteiger partial charge on any atom is -0.332 e. The summed E-state index contributed by atoms with van der Waals surface area (Å²) in [5.41, 5.74) is 8.87. The zero-order valence-electron chi connectivity index (χ0n) is 15.7. The molecule has 1 aliphatic heterocycles. The van der Waals surface area contributed by atoms with E-state index < -0.39 is 5.91 Å². The number of aliphatic imine (C=N–C) groups is 1. The fraction of sp³-hybridized carbons (Fsp3) is 0.667. The van der Waals surface area contributed by atoms with Crippen LogP contribution in [0, 0.1) is 0 Å². The van der Waals surface area contributed by atoms with E-state index in [1.165, 1.54) is 16.8 Å². The van der Waals surface area contributed by atoms with Crippen LogP contribution in [-0.4, -0.2) is 16.0 Å². The number of hydrazine groups is 1. The van der Waals surface area contributed by atoms with Gasteiger partial charge in [0.2, 0.25) is 0 Å². The molecule has 2 rings (SSSR count). The standard InChI is InChI=1S/C18H32N6/c1-6-10-16-15(9-4)17(11-7-2)24(22-16)18(23-19)20-12-14(8-3)13(5)21-18/h12,21,23H,6-11,19H2,1-5H3. The van der Waals surface area contributed by atoms with Crippen LogP contribution in [0.3, 0.4) is 0 Å². The van der Waals surface area contributed by atoms with Gasteiger partial charge < -0.3 is 5.32 Å². The van der Waals surface area contributed by atoms with E-state index in [1.807, 2.05) is 10.9 Å². The lowest BCUT2D eigenvalue weighted by atomic mass is 10.0. The molecule has 24 heavy (non-hydrogen) atoms. The van der Waals surface area contributed by atoms with E-state index >= 15 is 0 Å². The van der Waals surface area contributed by atoms with Gasteiger partial charge in [-0.15, -0.1) is 0 Å². The summed E-state index contributed by atoms with van der Waals surface area (Å²) < 4.78 is 1.97. The van der Waals surface area contributed by atoms with Crippen LogP contribution in [-0.2, 0) is 25.2 Å². The maximum Gasteiger partial charge on any atom is 0.300 e. The summed E-state index contributed by atoms with van der Waals surface area (Å²) in [6, 6.07) is 0. The third kappa shape index (κ3) is 3.26. The number of nitrogens with two attached hydrogens (primary N) is 1. The highest BCUT2D eigenvalue weighted by Crippen LogP contribution is 2.26. The average molecular weight is 332 g/mol. The van der Waals surface area contributed by atoms with E-state index in [2.05, 4.69) is 45.4 Å². The summed E-state index contributed by atoms with van der Waals surface area (Å²) in [7, 11) is 0. The molecular formula is C18H32N6. The Bertz CT molecular complexity index is 628. The topological polar surface area (TPSA) is 80.3 Å². The minimum absolute atomic E-state index is 0.936. The molecule has 4 N–H and O–H groups in total. The quantitative estimate of drug-likeness (QED) is 0.505. The van der Waals surface area contributed by atoms with Gasteiger partial charge in [-0.05, 0) is 43.7 Å². The molecule has 6 heteroatoms. The Labute approximate surface area is 145 Å². The number of nitrogens with one attached hydrogen (secondary N) is 2. The van der Waals surface area contributed by atoms with Crippen molar-refractivity contribution >= 4 is 6.21 Å². The molecule has 134 valence electrons. The summed E-state index contributed by atoms with van der Waals surface area (Å²) in [6.45, 7) is 10.8. The van der Waals surface area contributed by atoms with Gasteiger partial charge in [-0.3, -0.25) is 5.84 Å². The molecule has 0 radical (unpaired) electrons. The maximum atomic E-state index is 5.95. The van der Waals surface area contributed by atoms with Crippen molar-refractivity contribution in [3.63, 3.8) is 0 Å². The van der Waals surface area contributed by atoms with Crippen molar-refractivity contribution in [3.8, 4) is 0 Å². The largest absolute Gasteiger partial charge is 0.332 e. The Morgan fingerprint density at radius 2 is 1.88 bits per heavy atom. The molecule has 1 aliphatic rings. The number of hydrogen-bond acceptors (Lipinski definition) is 5. The summed E-state index contributed by atoms with van der Waals surface area (Å²) in [5, 5.41) is 8.37. The second kappa shape index (κ2) is 7.94. The first-order valence-electron chi connectivity index (χ1n) is 9.17. The first-order chi connectivity index (χ1) is 11.6. The van der Waals surface area contributed by atoms with Gasteiger partial charge >= 0.3 is 0 Å². The van der Waals surface area contributed by atoms with E-state index in [0.29, 0.717) is 0 Å². The molecule has 1 aromatic heterocycles. The van der Waals surface area contributed by atoms with Crippen molar-refractivity contribution in [1.29, 1.82) is 0 Å². The van der Waals surface area contributed by atoms with Crippen LogP contribution in [0.1, 0.15) is 70.8 Å². The van der Waals surface area contributed by atoms with Crippen molar-refractivity contribution in [2.45, 2.75) is 79.1 Å². The van der Waals surface area contributed by atoms with Crippen LogP contribution in [0.5, 0.6) is 0 Å². The number of rotatable bonds is 8. The molecule has 0 saturated heterocycles. The predicted molar refractivity (Wildman–Crippen MR) is 99.5 cm³/mol. The number of aryl methyl sites for hydroxylation is 1. The predicted octanol–water partition coefficient (Wildman–Crippen LogP) is 2.74. The molecule has 1 aromatic rings. The van der Waals surface area contributed by atoms with Crippen LogP contribution in [0.4, 0.5) is 0 Å². The SMILES string of the molecule is CCCc1nn(C2(NN)N=CC(CC)=C(C)N2)c(CCC)c1CC. The third-order valence-corrected chi connectivity index (χ3v) is 4.64. The lowest BCUT2D eigenvalue weighted by Gasteiger charge is -2.35. The monoisotopic (exact) mass is 332 g/mol. The van der Waals surface area contributed by atoms with E-state index in [4.69, 9.17) is 15.9 Å². The smallest absolute Gasteiger partial charge is 0.300 e. The van der Waals surface area contributed by atoms with Gasteiger partial charge in [-0.25, -0.2) is 9.67 Å². The molecule has 1 atom stereocenters. The second-order valence-electron chi connectivity index (χ2n) is 6.34. The Kier molecular flexibility index (Phi) is 6.18. The Hall–Kier alpha value is -1.66. The average Bonchev–Trinajstić information content (AvgIpc) is 2.93. The molecule has 1 unspecified atom stereocenters. The Morgan fingerprint density at radius 3 is 2.38 bits per heavy atom. The van der Waals surface area contributed by atoms with Crippen molar-refractivity contribution in [3.05, 3.63) is 28.2 Å². The van der Waals surface area contributed by atoms with Crippen LogP contribution >= 0.6 is 0 Å². The van der Waals surface area contributed by atoms with E-state index in [9.17, 15) is 0 Å². The number of hydrogen-bond donors (Lipinski definition) is 3. The van der Waals surface area contributed by atoms with E-state index in [1.54, 1.807) is 0 Å². The lowest BCUT2D eigenvalue weighted by Crippen LogP contribution is -2.61. The van der Waals surface area contributed by atoms with Gasteiger partial charge in [0.25, 0.3) is 5.91 Å². The van der Waals surface area contributed by atoms with Crippen molar-refractivity contribution < 1.29 is 0 Å². The lowest BCUT2D eigenvalue weighted by molar-refractivity contribution is 0.156. The molecule has 0 amide bonds. The van der Waals surface area contributed by atoms with Crippen molar-refractivity contribution in [2.75, 3.05) is 0 Å². The third-order valence-electron chi connectivity index (χ3n) is 4.64. The van der Waals surface area contributed by atoms with Crippen LogP contribution < -0.4 is 16.6 Å². The van der Waals surface area contributed by atoms with Gasteiger partial charge in [-0.1, -0.05) is 40.5 Å². The molecule has 2 heterocycles. The zero-order chi connectivity index (χ0) is 17.7. The highest BCUT2D eigenvalue weighted by atomic mass is 15.6. The van der Waals surface area contributed by atoms with Gasteiger partial charge in [-0.2, -0.15) is 10.5 Å². The molecule has 6 nitrogen and oxygen atoms in total. The maximum absolute atomic E-state index is 5.95. The summed E-state index contributed by atoms with van der Waals surface area (Å²) >= 11 is 0. The van der Waals surface area contributed by atoms with E-state index in [0.717, 1.165) is 49.9 Å². The first kappa shape index (κ1) is 18.7. The van der Waals surface area contributed by atoms with Crippen LogP contribution in [0.2, 0.25) is 0 Å². The van der Waals surface area contributed by atoms with Gasteiger partial charge in [0.1, 0.15) is 0 Å². The molecule has 0 spiro atoms.